The summed E-state index contributed by atoms with van der Waals surface area (Å²) >= 11 is 6.17. The summed E-state index contributed by atoms with van der Waals surface area (Å²) in [5, 5.41) is 8.19. The number of carbonyl (C=O) groups is 1. The van der Waals surface area contributed by atoms with Gasteiger partial charge in [0.05, 0.1) is 5.38 Å². The Balaban J connectivity index is 1.94. The minimum atomic E-state index is -0.377. The highest BCUT2D eigenvalue weighted by molar-refractivity contribution is 6.21. The molecule has 2 rings (SSSR count). The van der Waals surface area contributed by atoms with Gasteiger partial charge in [-0.1, -0.05) is 30.3 Å². The number of hydrogen-bond donors (Lipinski definition) is 2. The molecule has 1 aromatic heterocycles. The van der Waals surface area contributed by atoms with Crippen LogP contribution in [0.2, 0.25) is 0 Å². The molecule has 1 unspecified atom stereocenters. The third-order valence-electron chi connectivity index (χ3n) is 2.51. The lowest BCUT2D eigenvalue weighted by Crippen LogP contribution is -2.28. The number of nitrogens with zero attached hydrogens (tertiary/aromatic N) is 1. The Morgan fingerprint density at radius 3 is 2.63 bits per heavy atom. The first-order valence-electron chi connectivity index (χ1n) is 5.70. The Morgan fingerprint density at radius 1 is 1.26 bits per heavy atom. The summed E-state index contributed by atoms with van der Waals surface area (Å²) in [5.74, 6) is -0.377. The van der Waals surface area contributed by atoms with E-state index in [1.165, 1.54) is 12.1 Å². The molecule has 1 aromatic carbocycles. The van der Waals surface area contributed by atoms with E-state index in [4.69, 9.17) is 11.6 Å². The van der Waals surface area contributed by atoms with Crippen LogP contribution in [0.5, 0.6) is 0 Å². The second-order valence-corrected chi connectivity index (χ2v) is 4.42. The average Bonchev–Trinajstić information content (AvgIpc) is 2.46. The van der Waals surface area contributed by atoms with Crippen molar-refractivity contribution in [2.45, 2.75) is 5.38 Å². The number of hydrogen-bond acceptors (Lipinski definition) is 3. The maximum Gasteiger partial charge on any atom is 0.271 e. The molecule has 0 aliphatic heterocycles. The van der Waals surface area contributed by atoms with Crippen LogP contribution in [-0.2, 0) is 0 Å². The van der Waals surface area contributed by atoms with Gasteiger partial charge in [0.1, 0.15) is 5.69 Å². The van der Waals surface area contributed by atoms with Gasteiger partial charge in [0, 0.05) is 12.6 Å². The number of aromatic nitrogens is 2. The number of aromatic amines is 1. The molecule has 0 aliphatic rings. The predicted octanol–water partition coefficient (Wildman–Crippen LogP) is 1.48. The van der Waals surface area contributed by atoms with E-state index in [1.54, 1.807) is 0 Å². The van der Waals surface area contributed by atoms with Crippen LogP contribution in [0.3, 0.4) is 0 Å². The molecule has 0 spiro atoms. The maximum atomic E-state index is 11.7. The van der Waals surface area contributed by atoms with E-state index in [-0.39, 0.29) is 29.1 Å². The number of H-pyrrole nitrogens is 1. The standard InChI is InChI=1S/C13H12ClN3O2/c14-10(9-4-2-1-3-5-9)8-15-13(19)11-6-7-12(18)17-16-11/h1-7,10H,8H2,(H,15,19)(H,17,18). The maximum absolute atomic E-state index is 11.7. The number of benzene rings is 1. The largest absolute Gasteiger partial charge is 0.349 e. The quantitative estimate of drug-likeness (QED) is 0.831. The van der Waals surface area contributed by atoms with Crippen LogP contribution < -0.4 is 10.9 Å². The molecule has 0 saturated carbocycles. The topological polar surface area (TPSA) is 74.8 Å². The molecule has 1 heterocycles. The number of amides is 1. The summed E-state index contributed by atoms with van der Waals surface area (Å²) in [6.45, 7) is 0.283. The van der Waals surface area contributed by atoms with Crippen molar-refractivity contribution in [1.29, 1.82) is 0 Å². The summed E-state index contributed by atoms with van der Waals surface area (Å²) in [4.78, 5) is 22.6. The molecular formula is C13H12ClN3O2. The second-order valence-electron chi connectivity index (χ2n) is 3.89. The SMILES string of the molecule is O=C(NCC(Cl)c1ccccc1)c1ccc(=O)[nH]n1. The van der Waals surface area contributed by atoms with E-state index < -0.39 is 0 Å². The monoisotopic (exact) mass is 277 g/mol. The fourth-order valence-corrected chi connectivity index (χ4v) is 1.75. The Kier molecular flexibility index (Phi) is 4.30. The van der Waals surface area contributed by atoms with E-state index in [0.29, 0.717) is 0 Å². The van der Waals surface area contributed by atoms with Crippen molar-refractivity contribution in [1.82, 2.24) is 15.5 Å². The molecule has 1 atom stereocenters. The minimum Gasteiger partial charge on any atom is -0.349 e. The third-order valence-corrected chi connectivity index (χ3v) is 2.92. The zero-order valence-electron chi connectivity index (χ0n) is 9.97. The van der Waals surface area contributed by atoms with Crippen molar-refractivity contribution in [2.24, 2.45) is 0 Å². The highest BCUT2D eigenvalue weighted by Crippen LogP contribution is 2.18. The Morgan fingerprint density at radius 2 is 2.00 bits per heavy atom. The smallest absolute Gasteiger partial charge is 0.271 e. The van der Waals surface area contributed by atoms with E-state index in [9.17, 15) is 9.59 Å². The van der Waals surface area contributed by atoms with Crippen LogP contribution in [0.4, 0.5) is 0 Å². The third kappa shape index (κ3) is 3.66. The van der Waals surface area contributed by atoms with Gasteiger partial charge in [-0.3, -0.25) is 9.59 Å². The van der Waals surface area contributed by atoms with Crippen LogP contribution in [-0.4, -0.2) is 22.6 Å². The highest BCUT2D eigenvalue weighted by Gasteiger charge is 2.11. The molecule has 0 bridgehead atoms. The lowest BCUT2D eigenvalue weighted by atomic mass is 10.1. The molecule has 2 N–H and O–H groups in total. The lowest BCUT2D eigenvalue weighted by Gasteiger charge is -2.10. The lowest BCUT2D eigenvalue weighted by molar-refractivity contribution is 0.0947. The van der Waals surface area contributed by atoms with Crippen LogP contribution in [0.25, 0.3) is 0 Å². The van der Waals surface area contributed by atoms with E-state index in [2.05, 4.69) is 15.5 Å². The number of rotatable bonds is 4. The van der Waals surface area contributed by atoms with Crippen LogP contribution >= 0.6 is 11.6 Å². The molecule has 1 amide bonds. The van der Waals surface area contributed by atoms with Gasteiger partial charge in [-0.15, -0.1) is 11.6 Å². The first-order valence-corrected chi connectivity index (χ1v) is 6.13. The van der Waals surface area contributed by atoms with Crippen molar-refractivity contribution in [3.05, 3.63) is 64.1 Å². The van der Waals surface area contributed by atoms with E-state index >= 15 is 0 Å². The molecular weight excluding hydrogens is 266 g/mol. The molecule has 6 heteroatoms. The van der Waals surface area contributed by atoms with Gasteiger partial charge in [0.25, 0.3) is 11.5 Å². The van der Waals surface area contributed by atoms with Gasteiger partial charge in [0.15, 0.2) is 0 Å². The zero-order valence-corrected chi connectivity index (χ0v) is 10.7. The van der Waals surface area contributed by atoms with Gasteiger partial charge in [-0.2, -0.15) is 5.10 Å². The first kappa shape index (κ1) is 13.3. The number of carbonyl (C=O) groups excluding carboxylic acids is 1. The zero-order chi connectivity index (χ0) is 13.7. The molecule has 2 aromatic rings. The van der Waals surface area contributed by atoms with Gasteiger partial charge in [-0.25, -0.2) is 5.10 Å². The van der Waals surface area contributed by atoms with Gasteiger partial charge < -0.3 is 5.32 Å². The first-order chi connectivity index (χ1) is 9.16. The number of halogens is 1. The van der Waals surface area contributed by atoms with Crippen molar-refractivity contribution in [3.63, 3.8) is 0 Å². The predicted molar refractivity (Wildman–Crippen MR) is 72.2 cm³/mol. The summed E-state index contributed by atoms with van der Waals surface area (Å²) in [7, 11) is 0. The Bertz CT molecular complexity index is 592. The van der Waals surface area contributed by atoms with Gasteiger partial charge in [0.2, 0.25) is 0 Å². The minimum absolute atomic E-state index is 0.150. The Hall–Kier alpha value is -2.14. The molecule has 98 valence electrons. The summed E-state index contributed by atoms with van der Waals surface area (Å²) in [5.41, 5.74) is 0.728. The summed E-state index contributed by atoms with van der Waals surface area (Å²) in [6.07, 6.45) is 0. The van der Waals surface area contributed by atoms with Gasteiger partial charge in [-0.05, 0) is 11.6 Å². The number of nitrogens with one attached hydrogen (secondary N) is 2. The normalized spacial score (nSPS) is 11.8. The van der Waals surface area contributed by atoms with E-state index in [0.717, 1.165) is 5.56 Å². The van der Waals surface area contributed by atoms with E-state index in [1.807, 2.05) is 30.3 Å². The molecule has 0 radical (unpaired) electrons. The van der Waals surface area contributed by atoms with Crippen LogP contribution in [0, 0.1) is 0 Å². The molecule has 0 fully saturated rings. The molecule has 0 aliphatic carbocycles. The van der Waals surface area contributed by atoms with Gasteiger partial charge >= 0.3 is 0 Å². The summed E-state index contributed by atoms with van der Waals surface area (Å²) < 4.78 is 0. The molecule has 5 nitrogen and oxygen atoms in total. The van der Waals surface area contributed by atoms with Crippen molar-refractivity contribution >= 4 is 17.5 Å². The average molecular weight is 278 g/mol. The van der Waals surface area contributed by atoms with Crippen molar-refractivity contribution in [3.8, 4) is 0 Å². The Labute approximate surface area is 114 Å². The van der Waals surface area contributed by atoms with Crippen LogP contribution in [0.15, 0.2) is 47.3 Å². The van der Waals surface area contributed by atoms with Crippen LogP contribution in [0.1, 0.15) is 21.4 Å². The fraction of sp³-hybridized carbons (Fsp3) is 0.154. The summed E-state index contributed by atoms with van der Waals surface area (Å²) in [6, 6.07) is 12.1. The number of alkyl halides is 1. The molecule has 0 saturated heterocycles. The van der Waals surface area contributed by atoms with Crippen molar-refractivity contribution in [2.75, 3.05) is 6.54 Å². The van der Waals surface area contributed by atoms with Crippen molar-refractivity contribution < 1.29 is 4.79 Å². The highest BCUT2D eigenvalue weighted by atomic mass is 35.5. The molecule has 19 heavy (non-hydrogen) atoms. The second kappa shape index (κ2) is 6.15. The fourth-order valence-electron chi connectivity index (χ4n) is 1.52.